The van der Waals surface area contributed by atoms with E-state index in [1.807, 2.05) is 0 Å². The van der Waals surface area contributed by atoms with Crippen LogP contribution in [0.15, 0.2) is 44.9 Å². The molecule has 0 aliphatic carbocycles. The Morgan fingerprint density at radius 2 is 1.89 bits per heavy atom. The Balaban J connectivity index is 0.000000362. The van der Waals surface area contributed by atoms with Gasteiger partial charge < -0.3 is 5.21 Å². The zero-order chi connectivity index (χ0) is 14.9. The molecule has 7 nitrogen and oxygen atoms in total. The highest BCUT2D eigenvalue weighted by atomic mass is 32.2. The number of benzene rings is 1. The largest absolute Gasteiger partial charge is 0.411 e. The highest BCUT2D eigenvalue weighted by Crippen LogP contribution is 2.07. The second kappa shape index (κ2) is 8.35. The minimum atomic E-state index is -3.35. The number of oxime groups is 1. The zero-order valence-electron chi connectivity index (χ0n) is 10.7. The summed E-state index contributed by atoms with van der Waals surface area (Å²) in [5, 5.41) is 10.7. The van der Waals surface area contributed by atoms with E-state index in [9.17, 15) is 9.00 Å². The third-order valence-corrected chi connectivity index (χ3v) is 3.24. The smallest absolute Gasteiger partial charge is 0.206 e. The van der Waals surface area contributed by atoms with Gasteiger partial charge in [-0.3, -0.25) is 9.35 Å². The molecule has 106 valence electrons. The van der Waals surface area contributed by atoms with Crippen LogP contribution in [0.3, 0.4) is 0 Å². The first-order chi connectivity index (χ1) is 8.88. The molecule has 1 rings (SSSR count). The topological polar surface area (TPSA) is 125 Å². The van der Waals surface area contributed by atoms with Gasteiger partial charge in [0.2, 0.25) is 10.0 Å². The van der Waals surface area contributed by atoms with Gasteiger partial charge in [0, 0.05) is 6.42 Å². The van der Waals surface area contributed by atoms with Crippen molar-refractivity contribution in [1.29, 1.82) is 0 Å². The van der Waals surface area contributed by atoms with Crippen LogP contribution in [0.25, 0.3) is 0 Å². The summed E-state index contributed by atoms with van der Waals surface area (Å²) in [5.74, 6) is 4.62. The lowest BCUT2D eigenvalue weighted by molar-refractivity contribution is -0.112. The number of carbonyl (C=O) groups excluding carboxylic acids is 1. The molecule has 0 heterocycles. The molecule has 1 aromatic rings. The third-order valence-electron chi connectivity index (χ3n) is 2.07. The Morgan fingerprint density at radius 3 is 2.21 bits per heavy atom. The van der Waals surface area contributed by atoms with Crippen LogP contribution >= 0.6 is 0 Å². The fourth-order valence-electron chi connectivity index (χ4n) is 0.970. The SMILES string of the molecule is CCC(=O)C(C)=NO.NN=S(=O)(O)c1ccccc1. The van der Waals surface area contributed by atoms with Gasteiger partial charge in [0.05, 0.1) is 4.90 Å². The fraction of sp³-hybridized carbons (Fsp3) is 0.273. The van der Waals surface area contributed by atoms with Gasteiger partial charge in [-0.2, -0.15) is 0 Å². The molecular formula is C11H17N3O4S. The summed E-state index contributed by atoms with van der Waals surface area (Å²) >= 11 is 0. The monoisotopic (exact) mass is 287 g/mol. The molecule has 1 unspecified atom stereocenters. The predicted molar refractivity (Wildman–Crippen MR) is 72.3 cm³/mol. The van der Waals surface area contributed by atoms with E-state index in [-0.39, 0.29) is 16.4 Å². The summed E-state index contributed by atoms with van der Waals surface area (Å²) < 4.78 is 22.9. The fourth-order valence-corrected chi connectivity index (χ4v) is 1.60. The van der Waals surface area contributed by atoms with Gasteiger partial charge in [-0.05, 0) is 19.1 Å². The Kier molecular flexibility index (Phi) is 7.57. The molecule has 0 saturated heterocycles. The van der Waals surface area contributed by atoms with E-state index in [1.54, 1.807) is 25.1 Å². The number of Topliss-reactive ketones (excluding diaryl/α,β-unsaturated/α-hetero) is 1. The number of rotatable bonds is 3. The van der Waals surface area contributed by atoms with Gasteiger partial charge in [-0.15, -0.1) is 4.47 Å². The summed E-state index contributed by atoms with van der Waals surface area (Å²) in [7, 11) is -3.35. The van der Waals surface area contributed by atoms with E-state index in [1.165, 1.54) is 19.1 Å². The second-order valence-electron chi connectivity index (χ2n) is 3.38. The molecule has 0 aliphatic heterocycles. The molecule has 0 aromatic heterocycles. The number of ketones is 1. The quantitative estimate of drug-likeness (QED) is 0.337. The molecule has 1 atom stereocenters. The predicted octanol–water partition coefficient (Wildman–Crippen LogP) is 1.68. The lowest BCUT2D eigenvalue weighted by Gasteiger charge is -1.98. The van der Waals surface area contributed by atoms with Crippen LogP contribution in [0.2, 0.25) is 0 Å². The number of hydrogen-bond donors (Lipinski definition) is 3. The maximum Gasteiger partial charge on any atom is 0.206 e. The van der Waals surface area contributed by atoms with Crippen LogP contribution in [-0.4, -0.2) is 25.5 Å². The molecule has 0 radical (unpaired) electrons. The second-order valence-corrected chi connectivity index (χ2v) is 5.05. The Bertz CT molecular complexity index is 548. The van der Waals surface area contributed by atoms with Gasteiger partial charge >= 0.3 is 0 Å². The molecule has 0 bridgehead atoms. The van der Waals surface area contributed by atoms with E-state index in [0.29, 0.717) is 6.42 Å². The van der Waals surface area contributed by atoms with Crippen LogP contribution in [0.5, 0.6) is 0 Å². The summed E-state index contributed by atoms with van der Waals surface area (Å²) in [6.45, 7) is 3.20. The molecular weight excluding hydrogens is 270 g/mol. The van der Waals surface area contributed by atoms with Crippen molar-refractivity contribution in [2.75, 3.05) is 0 Å². The van der Waals surface area contributed by atoms with E-state index < -0.39 is 10.0 Å². The maximum absolute atomic E-state index is 11.0. The molecule has 4 N–H and O–H groups in total. The average molecular weight is 287 g/mol. The number of carbonyl (C=O) groups is 1. The lowest BCUT2D eigenvalue weighted by atomic mass is 10.2. The van der Waals surface area contributed by atoms with Gasteiger partial charge in [-0.25, -0.2) is 10.1 Å². The van der Waals surface area contributed by atoms with Crippen molar-refractivity contribution in [3.63, 3.8) is 0 Å². The Hall–Kier alpha value is -1.77. The van der Waals surface area contributed by atoms with Crippen molar-refractivity contribution in [3.8, 4) is 0 Å². The van der Waals surface area contributed by atoms with Crippen molar-refractivity contribution in [2.24, 2.45) is 15.5 Å². The van der Waals surface area contributed by atoms with Crippen LogP contribution < -0.4 is 5.84 Å². The van der Waals surface area contributed by atoms with E-state index in [0.717, 1.165) is 0 Å². The molecule has 0 saturated carbocycles. The van der Waals surface area contributed by atoms with E-state index >= 15 is 0 Å². The van der Waals surface area contributed by atoms with Crippen LogP contribution in [-0.2, 0) is 14.8 Å². The highest BCUT2D eigenvalue weighted by molar-refractivity contribution is 7.88. The number of nitrogens with zero attached hydrogens (tertiary/aromatic N) is 2. The van der Waals surface area contributed by atoms with Gasteiger partial charge in [0.15, 0.2) is 5.78 Å². The highest BCUT2D eigenvalue weighted by Gasteiger charge is 2.04. The lowest BCUT2D eigenvalue weighted by Crippen LogP contribution is -2.07. The average Bonchev–Trinajstić information content (AvgIpc) is 2.47. The van der Waals surface area contributed by atoms with E-state index in [4.69, 9.17) is 15.6 Å². The summed E-state index contributed by atoms with van der Waals surface area (Å²) in [6.07, 6.45) is 0.399. The summed E-state index contributed by atoms with van der Waals surface area (Å²) in [4.78, 5) is 10.7. The summed E-state index contributed by atoms with van der Waals surface area (Å²) in [5.41, 5.74) is 0.174. The number of hydrogen-bond acceptors (Lipinski definition) is 5. The van der Waals surface area contributed by atoms with Gasteiger partial charge in [0.25, 0.3) is 0 Å². The van der Waals surface area contributed by atoms with Crippen molar-refractivity contribution in [2.45, 2.75) is 25.2 Å². The first-order valence-corrected chi connectivity index (χ1v) is 6.82. The molecule has 19 heavy (non-hydrogen) atoms. The molecule has 0 amide bonds. The molecule has 0 aliphatic rings. The maximum atomic E-state index is 11.0. The van der Waals surface area contributed by atoms with Crippen LogP contribution in [0.4, 0.5) is 0 Å². The first kappa shape index (κ1) is 17.2. The number of nitrogens with two attached hydrogens (primary N) is 1. The molecule has 1 aromatic carbocycles. The summed E-state index contributed by atoms with van der Waals surface area (Å²) in [6, 6.07) is 8.04. The Labute approximate surface area is 112 Å². The van der Waals surface area contributed by atoms with Gasteiger partial charge in [-0.1, -0.05) is 30.3 Å². The third kappa shape index (κ3) is 6.09. The minimum Gasteiger partial charge on any atom is -0.411 e. The molecule has 8 heteroatoms. The zero-order valence-corrected chi connectivity index (χ0v) is 11.5. The van der Waals surface area contributed by atoms with Crippen molar-refractivity contribution in [3.05, 3.63) is 30.3 Å². The standard InChI is InChI=1S/C6H8N2O2S.C5H9NO2/c7-8-11(9,10)6-4-2-1-3-5-6;1-3-5(7)4(2)6-8/h1-5H,7H2,(H,8,9,10);8H,3H2,1-2H3. The van der Waals surface area contributed by atoms with Crippen molar-refractivity contribution >= 4 is 21.5 Å². The Morgan fingerprint density at radius 1 is 1.37 bits per heavy atom. The van der Waals surface area contributed by atoms with Crippen LogP contribution in [0, 0.1) is 0 Å². The van der Waals surface area contributed by atoms with Crippen LogP contribution in [0.1, 0.15) is 20.3 Å². The van der Waals surface area contributed by atoms with Crippen molar-refractivity contribution < 1.29 is 18.8 Å². The molecule has 0 fully saturated rings. The van der Waals surface area contributed by atoms with Crippen molar-refractivity contribution in [1.82, 2.24) is 0 Å². The molecule has 0 spiro atoms. The first-order valence-electron chi connectivity index (χ1n) is 5.34. The van der Waals surface area contributed by atoms with Gasteiger partial charge in [0.1, 0.15) is 5.71 Å². The minimum absolute atomic E-state index is 0.118. The normalized spacial score (nSPS) is 13.8. The van der Waals surface area contributed by atoms with E-state index in [2.05, 4.69) is 9.63 Å².